The van der Waals surface area contributed by atoms with Gasteiger partial charge in [0.05, 0.1) is 32.3 Å². The average molecular weight is 497 g/mol. The minimum absolute atomic E-state index is 0.0749. The van der Waals surface area contributed by atoms with E-state index in [0.717, 1.165) is 0 Å². The molecule has 0 radical (unpaired) electrons. The summed E-state index contributed by atoms with van der Waals surface area (Å²) in [4.78, 5) is 25.4. The molecular formula is C22H17Cl4N3O2. The van der Waals surface area contributed by atoms with Crippen LogP contribution in [-0.2, 0) is 9.59 Å². The van der Waals surface area contributed by atoms with E-state index in [2.05, 4.69) is 16.0 Å². The van der Waals surface area contributed by atoms with Crippen molar-refractivity contribution in [1.82, 2.24) is 5.32 Å². The molecule has 0 aliphatic heterocycles. The van der Waals surface area contributed by atoms with Gasteiger partial charge in [0.15, 0.2) is 0 Å². The number of anilines is 2. The standard InChI is InChI=1S/C22H17Cl4N3O2/c23-15-11-16(24)19(26)21(18(15)25)29-17(30)12-27-20(13-7-3-1-4-8-13)22(31)28-14-9-5-2-6-10-14/h1-11,20,27H,12H2,(H,28,31)(H,29,30). The van der Waals surface area contributed by atoms with Gasteiger partial charge in [0, 0.05) is 5.69 Å². The molecule has 0 saturated heterocycles. The lowest BCUT2D eigenvalue weighted by Crippen LogP contribution is -2.37. The number of para-hydroxylation sites is 1. The molecule has 1 atom stereocenters. The van der Waals surface area contributed by atoms with Crippen LogP contribution in [0.2, 0.25) is 20.1 Å². The summed E-state index contributed by atoms with van der Waals surface area (Å²) in [6, 6.07) is 18.7. The fourth-order valence-corrected chi connectivity index (χ4v) is 3.71. The molecule has 5 nitrogen and oxygen atoms in total. The Bertz CT molecular complexity index is 1050. The van der Waals surface area contributed by atoms with Crippen LogP contribution in [-0.4, -0.2) is 18.4 Å². The van der Waals surface area contributed by atoms with Crippen molar-refractivity contribution >= 4 is 69.6 Å². The van der Waals surface area contributed by atoms with Gasteiger partial charge in [-0.15, -0.1) is 0 Å². The molecule has 31 heavy (non-hydrogen) atoms. The summed E-state index contributed by atoms with van der Waals surface area (Å²) < 4.78 is 0. The van der Waals surface area contributed by atoms with E-state index >= 15 is 0 Å². The van der Waals surface area contributed by atoms with E-state index in [1.807, 2.05) is 36.4 Å². The monoisotopic (exact) mass is 495 g/mol. The van der Waals surface area contributed by atoms with Crippen molar-refractivity contribution in [2.45, 2.75) is 6.04 Å². The molecule has 9 heteroatoms. The van der Waals surface area contributed by atoms with Crippen LogP contribution < -0.4 is 16.0 Å². The van der Waals surface area contributed by atoms with Gasteiger partial charge in [-0.2, -0.15) is 0 Å². The summed E-state index contributed by atoms with van der Waals surface area (Å²) in [5.74, 6) is -0.789. The van der Waals surface area contributed by atoms with Gasteiger partial charge in [-0.3, -0.25) is 14.9 Å². The van der Waals surface area contributed by atoms with E-state index in [4.69, 9.17) is 46.4 Å². The van der Waals surface area contributed by atoms with Gasteiger partial charge in [-0.25, -0.2) is 0 Å². The molecule has 2 amide bonds. The molecule has 0 heterocycles. The average Bonchev–Trinajstić information content (AvgIpc) is 2.77. The number of hydrogen-bond acceptors (Lipinski definition) is 3. The Hall–Kier alpha value is -2.28. The van der Waals surface area contributed by atoms with Crippen molar-refractivity contribution in [2.24, 2.45) is 0 Å². The summed E-state index contributed by atoms with van der Waals surface area (Å²) in [5, 5.41) is 8.86. The fraction of sp³-hybridized carbons (Fsp3) is 0.0909. The van der Waals surface area contributed by atoms with Crippen molar-refractivity contribution in [2.75, 3.05) is 17.2 Å². The SMILES string of the molecule is O=C(CNC(C(=O)Nc1ccccc1)c1ccccc1)Nc1c(Cl)c(Cl)cc(Cl)c1Cl. The first-order valence-electron chi connectivity index (χ1n) is 9.14. The highest BCUT2D eigenvalue weighted by molar-refractivity contribution is 6.50. The second kappa shape index (κ2) is 10.8. The molecule has 1 unspecified atom stereocenters. The zero-order valence-electron chi connectivity index (χ0n) is 16.0. The van der Waals surface area contributed by atoms with Gasteiger partial charge in [0.25, 0.3) is 0 Å². The summed E-state index contributed by atoms with van der Waals surface area (Å²) in [7, 11) is 0. The molecular weight excluding hydrogens is 480 g/mol. The predicted molar refractivity (Wildman–Crippen MR) is 127 cm³/mol. The van der Waals surface area contributed by atoms with Crippen LogP contribution in [0.1, 0.15) is 11.6 Å². The number of carbonyl (C=O) groups is 2. The van der Waals surface area contributed by atoms with Crippen LogP contribution in [0.15, 0.2) is 66.7 Å². The number of rotatable bonds is 7. The van der Waals surface area contributed by atoms with Crippen LogP contribution >= 0.6 is 46.4 Å². The maximum atomic E-state index is 12.9. The van der Waals surface area contributed by atoms with E-state index in [0.29, 0.717) is 11.3 Å². The zero-order chi connectivity index (χ0) is 22.4. The van der Waals surface area contributed by atoms with E-state index in [1.54, 1.807) is 24.3 Å². The van der Waals surface area contributed by atoms with Gasteiger partial charge >= 0.3 is 0 Å². The van der Waals surface area contributed by atoms with Crippen molar-refractivity contribution in [3.8, 4) is 0 Å². The minimum atomic E-state index is -0.777. The predicted octanol–water partition coefficient (Wildman–Crippen LogP) is 6.21. The second-order valence-electron chi connectivity index (χ2n) is 6.47. The molecule has 3 aromatic rings. The van der Waals surface area contributed by atoms with Crippen molar-refractivity contribution < 1.29 is 9.59 Å². The maximum Gasteiger partial charge on any atom is 0.246 e. The number of benzene rings is 3. The van der Waals surface area contributed by atoms with Gasteiger partial charge in [0.1, 0.15) is 6.04 Å². The lowest BCUT2D eigenvalue weighted by molar-refractivity contribution is -0.119. The molecule has 0 saturated carbocycles. The quantitative estimate of drug-likeness (QED) is 0.340. The van der Waals surface area contributed by atoms with Crippen LogP contribution in [0.3, 0.4) is 0 Å². The third kappa shape index (κ3) is 6.12. The Kier molecular flexibility index (Phi) is 8.18. The zero-order valence-corrected chi connectivity index (χ0v) is 19.0. The molecule has 3 aromatic carbocycles. The first kappa shape index (κ1) is 23.4. The molecule has 0 aromatic heterocycles. The number of halogens is 4. The van der Waals surface area contributed by atoms with Crippen LogP contribution in [0.5, 0.6) is 0 Å². The van der Waals surface area contributed by atoms with Crippen molar-refractivity contribution in [3.05, 3.63) is 92.4 Å². The van der Waals surface area contributed by atoms with Crippen molar-refractivity contribution in [1.29, 1.82) is 0 Å². The third-order valence-corrected chi connectivity index (χ3v) is 5.85. The van der Waals surface area contributed by atoms with E-state index < -0.39 is 11.9 Å². The summed E-state index contributed by atoms with van der Waals surface area (Å²) >= 11 is 24.3. The summed E-state index contributed by atoms with van der Waals surface area (Å²) in [6.07, 6.45) is 0. The van der Waals surface area contributed by atoms with E-state index in [-0.39, 0.29) is 38.2 Å². The molecule has 3 N–H and O–H groups in total. The molecule has 0 spiro atoms. The second-order valence-corrected chi connectivity index (χ2v) is 8.04. The topological polar surface area (TPSA) is 70.2 Å². The van der Waals surface area contributed by atoms with Crippen LogP contribution in [0, 0.1) is 0 Å². The van der Waals surface area contributed by atoms with Crippen LogP contribution in [0.25, 0.3) is 0 Å². The van der Waals surface area contributed by atoms with Gasteiger partial charge in [0.2, 0.25) is 11.8 Å². The van der Waals surface area contributed by atoms with E-state index in [1.165, 1.54) is 6.07 Å². The Morgan fingerprint density at radius 1 is 0.774 bits per heavy atom. The minimum Gasteiger partial charge on any atom is -0.324 e. The number of carbonyl (C=O) groups excluding carboxylic acids is 2. The number of amides is 2. The molecule has 0 aliphatic carbocycles. The molecule has 160 valence electrons. The summed E-state index contributed by atoms with van der Waals surface area (Å²) in [5.41, 5.74) is 1.45. The largest absolute Gasteiger partial charge is 0.324 e. The number of nitrogens with one attached hydrogen (secondary N) is 3. The normalized spacial score (nSPS) is 11.6. The summed E-state index contributed by atoms with van der Waals surface area (Å²) in [6.45, 7) is -0.196. The van der Waals surface area contributed by atoms with Gasteiger partial charge in [-0.05, 0) is 23.8 Å². The molecule has 0 bridgehead atoms. The Labute approximate surface area is 199 Å². The first-order chi connectivity index (χ1) is 14.9. The highest BCUT2D eigenvalue weighted by atomic mass is 35.5. The van der Waals surface area contributed by atoms with Crippen LogP contribution in [0.4, 0.5) is 11.4 Å². The van der Waals surface area contributed by atoms with Gasteiger partial charge < -0.3 is 10.6 Å². The Morgan fingerprint density at radius 3 is 1.90 bits per heavy atom. The lowest BCUT2D eigenvalue weighted by atomic mass is 10.1. The third-order valence-electron chi connectivity index (χ3n) is 4.28. The lowest BCUT2D eigenvalue weighted by Gasteiger charge is -2.19. The molecule has 3 rings (SSSR count). The Balaban J connectivity index is 1.74. The van der Waals surface area contributed by atoms with E-state index in [9.17, 15) is 9.59 Å². The Morgan fingerprint density at radius 2 is 1.32 bits per heavy atom. The fourth-order valence-electron chi connectivity index (χ4n) is 2.80. The smallest absolute Gasteiger partial charge is 0.246 e. The van der Waals surface area contributed by atoms with Gasteiger partial charge in [-0.1, -0.05) is 94.9 Å². The molecule has 0 fully saturated rings. The highest BCUT2D eigenvalue weighted by Crippen LogP contribution is 2.40. The number of hydrogen-bond donors (Lipinski definition) is 3. The maximum absolute atomic E-state index is 12.9. The first-order valence-corrected chi connectivity index (χ1v) is 10.6. The molecule has 0 aliphatic rings. The van der Waals surface area contributed by atoms with Crippen molar-refractivity contribution in [3.63, 3.8) is 0 Å². The highest BCUT2D eigenvalue weighted by Gasteiger charge is 2.22.